The lowest BCUT2D eigenvalue weighted by molar-refractivity contribution is -0.128. The fourth-order valence-corrected chi connectivity index (χ4v) is 4.10. The number of carbonyl (C=O) groups is 3. The van der Waals surface area contributed by atoms with Crippen LogP contribution in [-0.4, -0.2) is 35.3 Å². The molecule has 3 aromatic rings. The molecular weight excluding hydrogens is 396 g/mol. The average molecular weight is 418 g/mol. The van der Waals surface area contributed by atoms with Crippen molar-refractivity contribution in [2.45, 2.75) is 45.1 Å². The Kier molecular flexibility index (Phi) is 4.61. The number of carbonyl (C=O) groups excluding carboxylic acids is 3. The molecule has 0 saturated heterocycles. The van der Waals surface area contributed by atoms with Crippen LogP contribution in [0.4, 0.5) is 5.69 Å². The number of aryl methyl sites for hydroxylation is 1. The maximum absolute atomic E-state index is 13.1. The molecule has 1 saturated carbocycles. The average Bonchev–Trinajstić information content (AvgIpc) is 3.55. The number of Topliss-reactive ketones (excluding diaryl/α,β-unsaturated/α-hetero) is 1. The zero-order valence-electron chi connectivity index (χ0n) is 17.4. The zero-order chi connectivity index (χ0) is 21.7. The Hall–Kier alpha value is -3.48. The van der Waals surface area contributed by atoms with Crippen molar-refractivity contribution in [2.24, 2.45) is 0 Å². The molecule has 0 bridgehead atoms. The number of fused-ring (bicyclic) bond motifs is 2. The number of esters is 1. The van der Waals surface area contributed by atoms with Gasteiger partial charge in [-0.2, -0.15) is 0 Å². The monoisotopic (exact) mass is 418 g/mol. The highest BCUT2D eigenvalue weighted by molar-refractivity contribution is 6.08. The molecule has 7 heteroatoms. The van der Waals surface area contributed by atoms with Crippen LogP contribution in [0.15, 0.2) is 41.0 Å². The Morgan fingerprint density at radius 1 is 1.26 bits per heavy atom. The number of anilines is 1. The fraction of sp³-hybridized carbons (Fsp3) is 0.333. The van der Waals surface area contributed by atoms with E-state index < -0.39 is 18.0 Å². The van der Waals surface area contributed by atoms with Crippen LogP contribution in [0.3, 0.4) is 0 Å². The van der Waals surface area contributed by atoms with Crippen LogP contribution in [0.25, 0.3) is 11.1 Å². The molecule has 0 N–H and O–H groups in total. The summed E-state index contributed by atoms with van der Waals surface area (Å²) in [5.41, 5.74) is 3.83. The highest BCUT2D eigenvalue weighted by atomic mass is 16.5. The van der Waals surface area contributed by atoms with E-state index in [-0.39, 0.29) is 12.3 Å². The van der Waals surface area contributed by atoms with Gasteiger partial charge >= 0.3 is 5.97 Å². The van der Waals surface area contributed by atoms with E-state index in [1.165, 1.54) is 11.8 Å². The number of hydrogen-bond donors (Lipinski definition) is 0. The lowest BCUT2D eigenvalue weighted by Gasteiger charge is -2.30. The predicted octanol–water partition coefficient (Wildman–Crippen LogP) is 3.72. The first-order valence-electron chi connectivity index (χ1n) is 10.4. The SMILES string of the molecule is Cc1coc2nc(C3CC3)cc(C(=O)OC(C)C(=O)N3CC(=O)Cc4ccccc43)c12. The number of rotatable bonds is 4. The number of aromatic nitrogens is 1. The summed E-state index contributed by atoms with van der Waals surface area (Å²) in [6, 6.07) is 9.04. The van der Waals surface area contributed by atoms with Crippen molar-refractivity contribution < 1.29 is 23.5 Å². The summed E-state index contributed by atoms with van der Waals surface area (Å²) >= 11 is 0. The lowest BCUT2D eigenvalue weighted by Crippen LogP contribution is -2.45. The molecule has 7 nitrogen and oxygen atoms in total. The van der Waals surface area contributed by atoms with Crippen molar-refractivity contribution >= 4 is 34.4 Å². The Labute approximate surface area is 179 Å². The van der Waals surface area contributed by atoms with Crippen LogP contribution >= 0.6 is 0 Å². The first kappa shape index (κ1) is 19.5. The first-order chi connectivity index (χ1) is 14.9. The summed E-state index contributed by atoms with van der Waals surface area (Å²) < 4.78 is 11.1. The number of para-hydroxylation sites is 1. The number of ketones is 1. The van der Waals surface area contributed by atoms with E-state index >= 15 is 0 Å². The number of ether oxygens (including phenoxy) is 1. The van der Waals surface area contributed by atoms with Crippen LogP contribution in [0.2, 0.25) is 0 Å². The number of pyridine rings is 1. The molecule has 1 amide bonds. The van der Waals surface area contributed by atoms with Gasteiger partial charge in [0, 0.05) is 23.7 Å². The van der Waals surface area contributed by atoms with E-state index in [1.807, 2.05) is 25.1 Å². The van der Waals surface area contributed by atoms with Gasteiger partial charge < -0.3 is 14.1 Å². The normalized spacial score (nSPS) is 16.8. The Bertz CT molecular complexity index is 1220. The van der Waals surface area contributed by atoms with E-state index in [1.54, 1.807) is 18.4 Å². The molecular formula is C24H22N2O5. The van der Waals surface area contributed by atoms with Gasteiger partial charge in [-0.3, -0.25) is 9.59 Å². The molecule has 1 fully saturated rings. The van der Waals surface area contributed by atoms with Crippen LogP contribution in [0, 0.1) is 6.92 Å². The third-order valence-corrected chi connectivity index (χ3v) is 5.87. The summed E-state index contributed by atoms with van der Waals surface area (Å²) in [5, 5.41) is 0.604. The minimum Gasteiger partial charge on any atom is -0.449 e. The molecule has 5 rings (SSSR count). The minimum absolute atomic E-state index is 0.0239. The van der Waals surface area contributed by atoms with E-state index in [0.29, 0.717) is 34.7 Å². The van der Waals surface area contributed by atoms with Gasteiger partial charge in [0.05, 0.1) is 23.8 Å². The number of furan rings is 1. The van der Waals surface area contributed by atoms with Gasteiger partial charge in [0.25, 0.3) is 5.91 Å². The highest BCUT2D eigenvalue weighted by Crippen LogP contribution is 2.41. The van der Waals surface area contributed by atoms with Gasteiger partial charge in [0.15, 0.2) is 11.9 Å². The second-order valence-corrected chi connectivity index (χ2v) is 8.28. The molecule has 1 aliphatic heterocycles. The Balaban J connectivity index is 1.42. The smallest absolute Gasteiger partial charge is 0.339 e. The summed E-state index contributed by atoms with van der Waals surface area (Å²) in [6.45, 7) is 3.35. The number of benzene rings is 1. The van der Waals surface area contributed by atoms with Gasteiger partial charge in [-0.25, -0.2) is 9.78 Å². The first-order valence-corrected chi connectivity index (χ1v) is 10.4. The zero-order valence-corrected chi connectivity index (χ0v) is 17.4. The molecule has 1 aliphatic carbocycles. The maximum Gasteiger partial charge on any atom is 0.339 e. The predicted molar refractivity (Wildman–Crippen MR) is 113 cm³/mol. The van der Waals surface area contributed by atoms with Gasteiger partial charge in [-0.05, 0) is 49.9 Å². The molecule has 31 heavy (non-hydrogen) atoms. The quantitative estimate of drug-likeness (QED) is 0.600. The van der Waals surface area contributed by atoms with Crippen LogP contribution in [-0.2, 0) is 20.7 Å². The summed E-state index contributed by atoms with van der Waals surface area (Å²) in [4.78, 5) is 44.3. The summed E-state index contributed by atoms with van der Waals surface area (Å²) in [7, 11) is 0. The molecule has 2 aliphatic rings. The molecule has 1 unspecified atom stereocenters. The Morgan fingerprint density at radius 2 is 2.03 bits per heavy atom. The largest absolute Gasteiger partial charge is 0.449 e. The third kappa shape index (κ3) is 3.50. The Morgan fingerprint density at radius 3 is 2.81 bits per heavy atom. The lowest BCUT2D eigenvalue weighted by atomic mass is 10.0. The van der Waals surface area contributed by atoms with Crippen molar-refractivity contribution in [1.82, 2.24) is 4.98 Å². The number of amides is 1. The van der Waals surface area contributed by atoms with Crippen molar-refractivity contribution in [3.63, 3.8) is 0 Å². The van der Waals surface area contributed by atoms with E-state index in [9.17, 15) is 14.4 Å². The van der Waals surface area contributed by atoms with Gasteiger partial charge in [-0.15, -0.1) is 0 Å². The van der Waals surface area contributed by atoms with Crippen LogP contribution < -0.4 is 4.90 Å². The molecule has 158 valence electrons. The fourth-order valence-electron chi connectivity index (χ4n) is 4.10. The van der Waals surface area contributed by atoms with Gasteiger partial charge in [0.2, 0.25) is 5.71 Å². The van der Waals surface area contributed by atoms with Crippen molar-refractivity contribution in [3.05, 3.63) is 59.0 Å². The summed E-state index contributed by atoms with van der Waals surface area (Å²) in [6.07, 6.45) is 2.88. The standard InChI is InChI=1S/C24H22N2O5/c1-13-12-30-22-21(13)18(10-19(25-22)15-7-8-15)24(29)31-14(2)23(28)26-11-17(27)9-16-5-3-4-6-20(16)26/h3-6,10,12,14-15H,7-9,11H2,1-2H3. The molecule has 0 radical (unpaired) electrons. The number of nitrogens with zero attached hydrogens (tertiary/aromatic N) is 2. The third-order valence-electron chi connectivity index (χ3n) is 5.87. The maximum atomic E-state index is 13.1. The van der Waals surface area contributed by atoms with E-state index in [2.05, 4.69) is 4.98 Å². The minimum atomic E-state index is -1.05. The van der Waals surface area contributed by atoms with Crippen LogP contribution in [0.5, 0.6) is 0 Å². The van der Waals surface area contributed by atoms with Crippen LogP contribution in [0.1, 0.15) is 52.9 Å². The number of hydrogen-bond acceptors (Lipinski definition) is 6. The second-order valence-electron chi connectivity index (χ2n) is 8.28. The van der Waals surface area contributed by atoms with E-state index in [0.717, 1.165) is 29.7 Å². The molecule has 0 spiro atoms. The molecule has 3 heterocycles. The molecule has 1 atom stereocenters. The van der Waals surface area contributed by atoms with E-state index in [4.69, 9.17) is 9.15 Å². The molecule has 1 aromatic carbocycles. The van der Waals surface area contributed by atoms with Crippen molar-refractivity contribution in [2.75, 3.05) is 11.4 Å². The topological polar surface area (TPSA) is 89.7 Å². The van der Waals surface area contributed by atoms with Gasteiger partial charge in [0.1, 0.15) is 0 Å². The second kappa shape index (κ2) is 7.34. The summed E-state index contributed by atoms with van der Waals surface area (Å²) in [5.74, 6) is -0.748. The highest BCUT2D eigenvalue weighted by Gasteiger charge is 2.33. The van der Waals surface area contributed by atoms with Crippen molar-refractivity contribution in [1.29, 1.82) is 0 Å². The van der Waals surface area contributed by atoms with Gasteiger partial charge in [-0.1, -0.05) is 18.2 Å². The molecule has 2 aromatic heterocycles. The van der Waals surface area contributed by atoms with Crippen molar-refractivity contribution in [3.8, 4) is 0 Å².